The predicted molar refractivity (Wildman–Crippen MR) is 125 cm³/mol. The Morgan fingerprint density at radius 1 is 1.06 bits per heavy atom. The third-order valence-corrected chi connectivity index (χ3v) is 7.21. The summed E-state index contributed by atoms with van der Waals surface area (Å²) in [6.07, 6.45) is 6.57. The highest BCUT2D eigenvalue weighted by Crippen LogP contribution is 2.43. The lowest BCUT2D eigenvalue weighted by Gasteiger charge is -2.26. The molecule has 1 aromatic heterocycles. The van der Waals surface area contributed by atoms with Crippen molar-refractivity contribution in [2.24, 2.45) is 0 Å². The van der Waals surface area contributed by atoms with E-state index in [0.717, 1.165) is 41.6 Å². The third kappa shape index (κ3) is 5.15. The summed E-state index contributed by atoms with van der Waals surface area (Å²) in [5.74, 6) is 3.41. The van der Waals surface area contributed by atoms with Gasteiger partial charge in [0, 0.05) is 23.9 Å². The molecule has 4 rings (SSSR count). The standard InChI is InChI=1S/C23H32N4O5S/c1-29-18-14-16(15-19(30-2)20(18)31-3)21-24-25-22(27(21)17-8-5-4-6-9-17)33-13-7-10-26-11-12-32-23(26)28/h14-15,17H,4-13H2,1-3H3. The van der Waals surface area contributed by atoms with E-state index in [1.54, 1.807) is 38.0 Å². The van der Waals surface area contributed by atoms with Gasteiger partial charge in [0.25, 0.3) is 0 Å². The van der Waals surface area contributed by atoms with Gasteiger partial charge in [-0.05, 0) is 31.4 Å². The number of thioether (sulfide) groups is 1. The van der Waals surface area contributed by atoms with Crippen LogP contribution in [0.4, 0.5) is 4.79 Å². The summed E-state index contributed by atoms with van der Waals surface area (Å²) >= 11 is 1.69. The molecule has 2 aliphatic rings. The van der Waals surface area contributed by atoms with Gasteiger partial charge in [0.2, 0.25) is 5.75 Å². The molecule has 0 N–H and O–H groups in total. The molecule has 180 valence electrons. The molecule has 1 amide bonds. The van der Waals surface area contributed by atoms with Crippen molar-refractivity contribution in [3.63, 3.8) is 0 Å². The van der Waals surface area contributed by atoms with Crippen molar-refractivity contribution in [2.75, 3.05) is 46.8 Å². The molecule has 2 aromatic rings. The summed E-state index contributed by atoms with van der Waals surface area (Å²) in [5.41, 5.74) is 0.884. The quantitative estimate of drug-likeness (QED) is 0.368. The maximum absolute atomic E-state index is 11.7. The van der Waals surface area contributed by atoms with E-state index < -0.39 is 0 Å². The van der Waals surface area contributed by atoms with Crippen LogP contribution in [0.15, 0.2) is 17.3 Å². The van der Waals surface area contributed by atoms with E-state index in [9.17, 15) is 4.79 Å². The first kappa shape index (κ1) is 23.5. The number of carbonyl (C=O) groups excluding carboxylic acids is 1. The number of benzene rings is 1. The van der Waals surface area contributed by atoms with Gasteiger partial charge in [0.1, 0.15) is 6.61 Å². The van der Waals surface area contributed by atoms with E-state index in [2.05, 4.69) is 14.8 Å². The molecule has 1 aliphatic heterocycles. The maximum atomic E-state index is 11.7. The molecule has 0 bridgehead atoms. The molecule has 2 heterocycles. The lowest BCUT2D eigenvalue weighted by atomic mass is 9.95. The Kier molecular flexibility index (Phi) is 7.85. The van der Waals surface area contributed by atoms with E-state index in [0.29, 0.717) is 43.0 Å². The van der Waals surface area contributed by atoms with E-state index in [1.165, 1.54) is 19.3 Å². The molecule has 33 heavy (non-hydrogen) atoms. The smallest absolute Gasteiger partial charge is 0.409 e. The number of methoxy groups -OCH3 is 3. The van der Waals surface area contributed by atoms with Crippen LogP contribution < -0.4 is 14.2 Å². The van der Waals surface area contributed by atoms with Crippen molar-refractivity contribution in [1.29, 1.82) is 0 Å². The molecule has 0 atom stereocenters. The van der Waals surface area contributed by atoms with Crippen molar-refractivity contribution in [1.82, 2.24) is 19.7 Å². The van der Waals surface area contributed by atoms with Crippen LogP contribution in [0.2, 0.25) is 0 Å². The number of nitrogens with zero attached hydrogens (tertiary/aromatic N) is 4. The topological polar surface area (TPSA) is 87.9 Å². The summed E-state index contributed by atoms with van der Waals surface area (Å²) in [6.45, 7) is 1.86. The number of hydrogen-bond donors (Lipinski definition) is 0. The molecule has 0 spiro atoms. The van der Waals surface area contributed by atoms with Crippen LogP contribution in [0, 0.1) is 0 Å². The van der Waals surface area contributed by atoms with E-state index in [-0.39, 0.29) is 6.09 Å². The largest absolute Gasteiger partial charge is 0.493 e. The Bertz CT molecular complexity index is 935. The van der Waals surface area contributed by atoms with Crippen molar-refractivity contribution in [3.8, 4) is 28.6 Å². The van der Waals surface area contributed by atoms with Crippen LogP contribution in [-0.4, -0.2) is 72.5 Å². The third-order valence-electron chi connectivity index (χ3n) is 6.18. The highest BCUT2D eigenvalue weighted by atomic mass is 32.2. The summed E-state index contributed by atoms with van der Waals surface area (Å²) in [4.78, 5) is 13.4. The molecule has 0 radical (unpaired) electrons. The van der Waals surface area contributed by atoms with Crippen LogP contribution in [-0.2, 0) is 4.74 Å². The van der Waals surface area contributed by atoms with Gasteiger partial charge < -0.3 is 23.8 Å². The first-order valence-corrected chi connectivity index (χ1v) is 12.4. The maximum Gasteiger partial charge on any atom is 0.409 e. The first-order chi connectivity index (χ1) is 16.2. The first-order valence-electron chi connectivity index (χ1n) is 11.5. The second-order valence-electron chi connectivity index (χ2n) is 8.19. The Morgan fingerprint density at radius 2 is 1.79 bits per heavy atom. The Morgan fingerprint density at radius 3 is 2.39 bits per heavy atom. The van der Waals surface area contributed by atoms with E-state index >= 15 is 0 Å². The molecular weight excluding hydrogens is 444 g/mol. The lowest BCUT2D eigenvalue weighted by Crippen LogP contribution is -2.25. The molecule has 1 saturated carbocycles. The van der Waals surface area contributed by atoms with Crippen LogP contribution in [0.5, 0.6) is 17.2 Å². The van der Waals surface area contributed by atoms with Crippen molar-refractivity contribution in [2.45, 2.75) is 49.7 Å². The highest BCUT2D eigenvalue weighted by molar-refractivity contribution is 7.99. The normalized spacial score (nSPS) is 16.7. The zero-order valence-corrected chi connectivity index (χ0v) is 20.4. The number of cyclic esters (lactones) is 1. The van der Waals surface area contributed by atoms with Crippen LogP contribution >= 0.6 is 11.8 Å². The summed E-state index contributed by atoms with van der Waals surface area (Å²) in [5, 5.41) is 10.1. The molecule has 2 fully saturated rings. The fourth-order valence-corrected chi connectivity index (χ4v) is 5.43. The van der Waals surface area contributed by atoms with Gasteiger partial charge in [-0.25, -0.2) is 4.79 Å². The molecular formula is C23H32N4O5S. The van der Waals surface area contributed by atoms with Gasteiger partial charge in [-0.2, -0.15) is 0 Å². The minimum absolute atomic E-state index is 0.213. The Hall–Kier alpha value is -2.62. The van der Waals surface area contributed by atoms with Gasteiger partial charge in [-0.3, -0.25) is 4.57 Å². The fourth-order valence-electron chi connectivity index (χ4n) is 4.50. The number of carbonyl (C=O) groups is 1. The highest BCUT2D eigenvalue weighted by Gasteiger charge is 2.26. The number of aromatic nitrogens is 3. The van der Waals surface area contributed by atoms with Crippen LogP contribution in [0.3, 0.4) is 0 Å². The molecule has 10 heteroatoms. The molecule has 0 unspecified atom stereocenters. The van der Waals surface area contributed by atoms with Crippen molar-refractivity contribution in [3.05, 3.63) is 12.1 Å². The van der Waals surface area contributed by atoms with Gasteiger partial charge in [-0.1, -0.05) is 31.0 Å². The minimum atomic E-state index is -0.213. The number of hydrogen-bond acceptors (Lipinski definition) is 8. The van der Waals surface area contributed by atoms with Crippen LogP contribution in [0.25, 0.3) is 11.4 Å². The van der Waals surface area contributed by atoms with Gasteiger partial charge >= 0.3 is 6.09 Å². The number of rotatable bonds is 10. The lowest BCUT2D eigenvalue weighted by molar-refractivity contribution is 0.158. The fraction of sp³-hybridized carbons (Fsp3) is 0.609. The summed E-state index contributed by atoms with van der Waals surface area (Å²) in [7, 11) is 4.83. The monoisotopic (exact) mass is 476 g/mol. The Labute approximate surface area is 198 Å². The van der Waals surface area contributed by atoms with Crippen molar-refractivity contribution < 1.29 is 23.7 Å². The average molecular weight is 477 g/mol. The zero-order chi connectivity index (χ0) is 23.2. The summed E-state index contributed by atoms with van der Waals surface area (Å²) < 4.78 is 23.9. The minimum Gasteiger partial charge on any atom is -0.493 e. The molecule has 1 aromatic carbocycles. The second kappa shape index (κ2) is 11.0. The van der Waals surface area contributed by atoms with Crippen molar-refractivity contribution >= 4 is 17.9 Å². The summed E-state index contributed by atoms with van der Waals surface area (Å²) in [6, 6.07) is 4.22. The number of amides is 1. The van der Waals surface area contributed by atoms with E-state index in [4.69, 9.17) is 18.9 Å². The predicted octanol–water partition coefficient (Wildman–Crippen LogP) is 4.41. The zero-order valence-electron chi connectivity index (χ0n) is 19.5. The average Bonchev–Trinajstić information content (AvgIpc) is 3.47. The van der Waals surface area contributed by atoms with Gasteiger partial charge in [-0.15, -0.1) is 10.2 Å². The van der Waals surface area contributed by atoms with Crippen LogP contribution in [0.1, 0.15) is 44.6 Å². The Balaban J connectivity index is 1.59. The molecule has 1 saturated heterocycles. The SMILES string of the molecule is COc1cc(-c2nnc(SCCCN3CCOC3=O)n2C2CCCCC2)cc(OC)c1OC. The van der Waals surface area contributed by atoms with Gasteiger partial charge in [0.15, 0.2) is 22.5 Å². The number of ether oxygens (including phenoxy) is 4. The van der Waals surface area contributed by atoms with Gasteiger partial charge in [0.05, 0.1) is 27.9 Å². The second-order valence-corrected chi connectivity index (χ2v) is 9.25. The molecule has 1 aliphatic carbocycles. The van der Waals surface area contributed by atoms with E-state index in [1.807, 2.05) is 12.1 Å². The molecule has 9 nitrogen and oxygen atoms in total.